The van der Waals surface area contributed by atoms with Crippen molar-refractivity contribution in [3.63, 3.8) is 0 Å². The molecule has 5 heteroatoms. The van der Waals surface area contributed by atoms with Crippen molar-refractivity contribution in [3.05, 3.63) is 64.2 Å². The highest BCUT2D eigenvalue weighted by Crippen LogP contribution is 2.39. The highest BCUT2D eigenvalue weighted by atomic mass is 35.5. The predicted octanol–water partition coefficient (Wildman–Crippen LogP) is 5.80. The maximum atomic E-state index is 6.48. The Hall–Kier alpha value is -1.42. The summed E-state index contributed by atoms with van der Waals surface area (Å²) in [5, 5.41) is 5.69. The molecule has 0 fully saturated rings. The van der Waals surface area contributed by atoms with E-state index in [1.807, 2.05) is 49.4 Å². The van der Waals surface area contributed by atoms with Crippen molar-refractivity contribution in [1.29, 1.82) is 0 Å². The van der Waals surface area contributed by atoms with Crippen LogP contribution in [0.1, 0.15) is 11.1 Å². The van der Waals surface area contributed by atoms with Crippen LogP contribution in [0.15, 0.2) is 58.0 Å². The van der Waals surface area contributed by atoms with Gasteiger partial charge >= 0.3 is 0 Å². The van der Waals surface area contributed by atoms with E-state index < -0.39 is 0 Å². The van der Waals surface area contributed by atoms with Crippen LogP contribution in [0.3, 0.4) is 0 Å². The molecule has 2 nitrogen and oxygen atoms in total. The van der Waals surface area contributed by atoms with Gasteiger partial charge in [-0.15, -0.1) is 11.8 Å². The Labute approximate surface area is 144 Å². The van der Waals surface area contributed by atoms with Crippen molar-refractivity contribution in [1.82, 2.24) is 0 Å². The van der Waals surface area contributed by atoms with Crippen molar-refractivity contribution in [2.75, 3.05) is 11.2 Å². The molecule has 1 aliphatic rings. The number of halogens is 2. The summed E-state index contributed by atoms with van der Waals surface area (Å²) in [7, 11) is 0. The molecule has 2 aromatic carbocycles. The zero-order valence-corrected chi connectivity index (χ0v) is 14.3. The van der Waals surface area contributed by atoms with E-state index in [0.29, 0.717) is 10.1 Å². The number of anilines is 1. The second kappa shape index (κ2) is 6.78. The third-order valence-electron chi connectivity index (χ3n) is 3.28. The highest BCUT2D eigenvalue weighted by Gasteiger charge is 2.17. The first-order chi connectivity index (χ1) is 10.6. The minimum Gasteiger partial charge on any atom is -0.279 e. The number of aryl methyl sites for hydroxylation is 1. The van der Waals surface area contributed by atoms with Crippen LogP contribution in [-0.4, -0.2) is 12.0 Å². The molecule has 0 aromatic heterocycles. The number of rotatable bonds is 3. The lowest BCUT2D eigenvalue weighted by Gasteiger charge is -2.17. The fraction of sp³-hybridized carbons (Fsp3) is 0.118. The number of nitrogens with one attached hydrogen (secondary N) is 1. The Morgan fingerprint density at radius 2 is 2.05 bits per heavy atom. The van der Waals surface area contributed by atoms with Gasteiger partial charge in [-0.05, 0) is 42.8 Å². The van der Waals surface area contributed by atoms with Gasteiger partial charge in [0.1, 0.15) is 0 Å². The van der Waals surface area contributed by atoms with E-state index in [4.69, 9.17) is 23.2 Å². The predicted molar refractivity (Wildman–Crippen MR) is 98.2 cm³/mol. The number of hydrogen-bond donors (Lipinski definition) is 1. The summed E-state index contributed by atoms with van der Waals surface area (Å²) >= 11 is 14.3. The van der Waals surface area contributed by atoms with Gasteiger partial charge in [-0.3, -0.25) is 5.43 Å². The van der Waals surface area contributed by atoms with Crippen molar-refractivity contribution in [2.24, 2.45) is 5.10 Å². The number of hydrazone groups is 1. The number of benzene rings is 2. The summed E-state index contributed by atoms with van der Waals surface area (Å²) in [6.07, 6.45) is 1.78. The van der Waals surface area contributed by atoms with Crippen molar-refractivity contribution in [3.8, 4) is 0 Å². The first-order valence-corrected chi connectivity index (χ1v) is 8.55. The van der Waals surface area contributed by atoms with Gasteiger partial charge in [0.05, 0.1) is 16.9 Å². The summed E-state index contributed by atoms with van der Waals surface area (Å²) in [5.74, 6) is 0.798. The van der Waals surface area contributed by atoms with Crippen LogP contribution in [-0.2, 0) is 0 Å². The van der Waals surface area contributed by atoms with Gasteiger partial charge < -0.3 is 0 Å². The summed E-state index contributed by atoms with van der Waals surface area (Å²) in [6.45, 7) is 2.05. The molecule has 1 N–H and O–H groups in total. The van der Waals surface area contributed by atoms with Crippen LogP contribution in [0.2, 0.25) is 5.02 Å². The third kappa shape index (κ3) is 3.49. The largest absolute Gasteiger partial charge is 0.279 e. The van der Waals surface area contributed by atoms with Gasteiger partial charge in [0.15, 0.2) is 0 Å². The summed E-state index contributed by atoms with van der Waals surface area (Å²) < 4.78 is 0. The Kier molecular flexibility index (Phi) is 4.77. The van der Waals surface area contributed by atoms with E-state index in [1.54, 1.807) is 18.0 Å². The lowest BCUT2D eigenvalue weighted by molar-refractivity contribution is 1.32. The lowest BCUT2D eigenvalue weighted by atomic mass is 10.1. The van der Waals surface area contributed by atoms with Crippen LogP contribution in [0, 0.1) is 6.92 Å². The normalized spacial score (nSPS) is 14.3. The molecule has 1 aliphatic heterocycles. The fourth-order valence-corrected chi connectivity index (χ4v) is 3.77. The summed E-state index contributed by atoms with van der Waals surface area (Å²) in [5.41, 5.74) is 7.14. The van der Waals surface area contributed by atoms with E-state index in [2.05, 4.69) is 10.5 Å². The average Bonchev–Trinajstić information content (AvgIpc) is 2.50. The van der Waals surface area contributed by atoms with Crippen molar-refractivity contribution >= 4 is 51.9 Å². The first-order valence-electron chi connectivity index (χ1n) is 6.80. The molecule has 22 heavy (non-hydrogen) atoms. The zero-order chi connectivity index (χ0) is 15.5. The molecule has 2 aromatic rings. The molecule has 0 unspecified atom stereocenters. The molecule has 0 saturated heterocycles. The van der Waals surface area contributed by atoms with Gasteiger partial charge in [-0.1, -0.05) is 35.3 Å². The van der Waals surface area contributed by atoms with Crippen LogP contribution >= 0.6 is 35.0 Å². The molecule has 0 atom stereocenters. The Morgan fingerprint density at radius 1 is 1.18 bits per heavy atom. The molecular weight excluding hydrogens is 335 g/mol. The topological polar surface area (TPSA) is 24.4 Å². The van der Waals surface area contributed by atoms with Crippen LogP contribution < -0.4 is 5.43 Å². The van der Waals surface area contributed by atoms with Gasteiger partial charge in [0, 0.05) is 26.8 Å². The molecule has 0 saturated carbocycles. The minimum atomic E-state index is 0.688. The summed E-state index contributed by atoms with van der Waals surface area (Å²) in [6, 6.07) is 13.8. The molecule has 0 amide bonds. The van der Waals surface area contributed by atoms with Gasteiger partial charge in [-0.2, -0.15) is 5.10 Å². The van der Waals surface area contributed by atoms with Crippen molar-refractivity contribution in [2.45, 2.75) is 11.8 Å². The van der Waals surface area contributed by atoms with Gasteiger partial charge in [-0.25, -0.2) is 0 Å². The second-order valence-corrected chi connectivity index (χ2v) is 6.84. The number of thioether (sulfide) groups is 1. The van der Waals surface area contributed by atoms with E-state index in [0.717, 1.165) is 27.5 Å². The average molecular weight is 349 g/mol. The molecule has 0 spiro atoms. The van der Waals surface area contributed by atoms with E-state index >= 15 is 0 Å². The van der Waals surface area contributed by atoms with Crippen LogP contribution in [0.25, 0.3) is 5.03 Å². The quantitative estimate of drug-likeness (QED) is 0.559. The SMILES string of the molecule is Cc1cccc(N/N=C/C2=C(Cl)c3cc(Cl)ccc3SC2)c1. The molecular formula is C17H14Cl2N2S. The van der Waals surface area contributed by atoms with Crippen LogP contribution in [0.4, 0.5) is 5.69 Å². The highest BCUT2D eigenvalue weighted by molar-refractivity contribution is 7.99. The molecule has 1 heterocycles. The Bertz CT molecular complexity index is 769. The van der Waals surface area contributed by atoms with Crippen LogP contribution in [0.5, 0.6) is 0 Å². The summed E-state index contributed by atoms with van der Waals surface area (Å²) in [4.78, 5) is 1.15. The smallest absolute Gasteiger partial charge is 0.0564 e. The molecule has 0 bridgehead atoms. The zero-order valence-electron chi connectivity index (χ0n) is 11.9. The lowest BCUT2D eigenvalue weighted by Crippen LogP contribution is -2.02. The Morgan fingerprint density at radius 3 is 2.86 bits per heavy atom. The third-order valence-corrected chi connectivity index (χ3v) is 5.08. The number of hydrogen-bond acceptors (Lipinski definition) is 3. The van der Waals surface area contributed by atoms with E-state index in [1.165, 1.54) is 5.56 Å². The fourth-order valence-electron chi connectivity index (χ4n) is 2.18. The van der Waals surface area contributed by atoms with E-state index in [-0.39, 0.29) is 0 Å². The van der Waals surface area contributed by atoms with E-state index in [9.17, 15) is 0 Å². The minimum absolute atomic E-state index is 0.688. The maximum Gasteiger partial charge on any atom is 0.0564 e. The van der Waals surface area contributed by atoms with Gasteiger partial charge in [0.2, 0.25) is 0 Å². The monoisotopic (exact) mass is 348 g/mol. The maximum absolute atomic E-state index is 6.48. The van der Waals surface area contributed by atoms with Crippen molar-refractivity contribution < 1.29 is 0 Å². The molecule has 0 aliphatic carbocycles. The molecule has 0 radical (unpaired) electrons. The first kappa shape index (κ1) is 15.5. The Balaban J connectivity index is 1.80. The van der Waals surface area contributed by atoms with Gasteiger partial charge in [0.25, 0.3) is 0 Å². The standard InChI is InChI=1S/C17H14Cl2N2S/c1-11-3-2-4-14(7-11)21-20-9-12-10-22-16-6-5-13(18)8-15(16)17(12)19/h2-9,21H,10H2,1H3/b20-9+. The second-order valence-electron chi connectivity index (χ2n) is 5.01. The molecule has 3 rings (SSSR count). The molecule has 112 valence electrons. The number of nitrogens with zero attached hydrogens (tertiary/aromatic N) is 1. The number of fused-ring (bicyclic) bond motifs is 1.